The Morgan fingerprint density at radius 2 is 1.32 bits per heavy atom. The molecule has 0 saturated carbocycles. The largest absolute Gasteiger partial charge is 0.236 e. The van der Waals surface area contributed by atoms with E-state index in [9.17, 15) is 0 Å². The maximum Gasteiger partial charge on any atom is 0.156 e. The molecule has 0 unspecified atom stereocenters. The fraction of sp³-hybridized carbons (Fsp3) is 0. The monoisotopic (exact) mass is 323 g/mol. The Hall–Kier alpha value is -3.46. The number of nitrogens with zero attached hydrogens (tertiary/aromatic N) is 3. The van der Waals surface area contributed by atoms with Crippen molar-refractivity contribution in [1.29, 1.82) is 0 Å². The Morgan fingerprint density at radius 3 is 2.00 bits per heavy atom. The lowest BCUT2D eigenvalue weighted by atomic mass is 10.2. The number of hydrogen-bond acceptors (Lipinski definition) is 2. The van der Waals surface area contributed by atoms with Crippen LogP contribution in [0.15, 0.2) is 102 Å². The first kappa shape index (κ1) is 15.1. The minimum atomic E-state index is 0.800. The van der Waals surface area contributed by atoms with E-state index in [1.807, 2.05) is 95.8 Å². The topological polar surface area (TPSA) is 30.2 Å². The lowest BCUT2D eigenvalue weighted by Gasteiger charge is -2.03. The highest BCUT2D eigenvalue weighted by Crippen LogP contribution is 2.26. The van der Waals surface area contributed by atoms with Gasteiger partial charge < -0.3 is 0 Å². The highest BCUT2D eigenvalue weighted by atomic mass is 15.3. The fourth-order valence-electron chi connectivity index (χ4n) is 2.65. The van der Waals surface area contributed by atoms with Crippen LogP contribution in [-0.4, -0.2) is 16.0 Å². The summed E-state index contributed by atoms with van der Waals surface area (Å²) in [5.41, 5.74) is 4.03. The quantitative estimate of drug-likeness (QED) is 0.469. The molecule has 0 N–H and O–H groups in total. The second kappa shape index (κ2) is 6.97. The first-order valence-electron chi connectivity index (χ1n) is 8.20. The fourth-order valence-corrected chi connectivity index (χ4v) is 2.65. The number of aliphatic imine (C=N–C) groups is 1. The summed E-state index contributed by atoms with van der Waals surface area (Å²) < 4.78 is 1.88. The Kier molecular flexibility index (Phi) is 4.21. The Labute approximate surface area is 146 Å². The lowest BCUT2D eigenvalue weighted by Crippen LogP contribution is -1.96. The molecule has 0 radical (unpaired) electrons. The molecule has 3 aromatic carbocycles. The van der Waals surface area contributed by atoms with Crippen molar-refractivity contribution in [1.82, 2.24) is 9.78 Å². The lowest BCUT2D eigenvalue weighted by molar-refractivity contribution is 0.885. The van der Waals surface area contributed by atoms with Gasteiger partial charge in [0, 0.05) is 17.8 Å². The summed E-state index contributed by atoms with van der Waals surface area (Å²) >= 11 is 0. The predicted molar refractivity (Wildman–Crippen MR) is 103 cm³/mol. The van der Waals surface area contributed by atoms with E-state index in [0.717, 1.165) is 28.3 Å². The molecule has 3 heteroatoms. The number of benzene rings is 3. The van der Waals surface area contributed by atoms with Crippen molar-refractivity contribution < 1.29 is 0 Å². The molecule has 0 spiro atoms. The zero-order valence-corrected chi connectivity index (χ0v) is 13.7. The van der Waals surface area contributed by atoms with Crippen LogP contribution in [0.2, 0.25) is 0 Å². The molecule has 0 aliphatic carbocycles. The molecule has 0 fully saturated rings. The van der Waals surface area contributed by atoms with E-state index < -0.39 is 0 Å². The van der Waals surface area contributed by atoms with E-state index in [2.05, 4.69) is 17.1 Å². The highest BCUT2D eigenvalue weighted by Gasteiger charge is 2.10. The summed E-state index contributed by atoms with van der Waals surface area (Å²) in [5.74, 6) is 0.800. The predicted octanol–water partition coefficient (Wildman–Crippen LogP) is 5.29. The van der Waals surface area contributed by atoms with Gasteiger partial charge in [-0.15, -0.1) is 0 Å². The third kappa shape index (κ3) is 3.40. The van der Waals surface area contributed by atoms with Crippen molar-refractivity contribution in [3.05, 3.63) is 103 Å². The van der Waals surface area contributed by atoms with Crippen LogP contribution in [0.4, 0.5) is 5.82 Å². The normalized spacial score (nSPS) is 11.0. The zero-order chi connectivity index (χ0) is 16.9. The van der Waals surface area contributed by atoms with E-state index >= 15 is 0 Å². The van der Waals surface area contributed by atoms with Gasteiger partial charge in [-0.3, -0.25) is 0 Å². The number of para-hydroxylation sites is 1. The maximum atomic E-state index is 4.77. The van der Waals surface area contributed by atoms with Gasteiger partial charge in [0.15, 0.2) is 5.82 Å². The molecule has 3 nitrogen and oxygen atoms in total. The first-order chi connectivity index (χ1) is 12.4. The molecule has 25 heavy (non-hydrogen) atoms. The van der Waals surface area contributed by atoms with Gasteiger partial charge in [0.25, 0.3) is 0 Å². The molecule has 0 saturated heterocycles. The Morgan fingerprint density at radius 1 is 0.720 bits per heavy atom. The molecule has 4 rings (SSSR count). The molecule has 0 atom stereocenters. The molecule has 1 aromatic heterocycles. The van der Waals surface area contributed by atoms with Gasteiger partial charge in [0.1, 0.15) is 0 Å². The number of hydrogen-bond donors (Lipinski definition) is 0. The molecule has 4 aromatic rings. The zero-order valence-electron chi connectivity index (χ0n) is 13.7. The SMILES string of the molecule is C(=Nc1cc(-c2ccccc2)nn1-c1ccccc1)c1ccccc1. The third-order valence-electron chi connectivity index (χ3n) is 3.91. The van der Waals surface area contributed by atoms with Crippen LogP contribution < -0.4 is 0 Å². The van der Waals surface area contributed by atoms with Gasteiger partial charge in [0.05, 0.1) is 11.4 Å². The summed E-state index contributed by atoms with van der Waals surface area (Å²) in [7, 11) is 0. The van der Waals surface area contributed by atoms with E-state index in [1.165, 1.54) is 0 Å². The summed E-state index contributed by atoms with van der Waals surface area (Å²) in [6, 6.07) is 32.3. The molecule has 0 aliphatic rings. The van der Waals surface area contributed by atoms with E-state index in [-0.39, 0.29) is 0 Å². The molecule has 0 amide bonds. The third-order valence-corrected chi connectivity index (χ3v) is 3.91. The van der Waals surface area contributed by atoms with Crippen molar-refractivity contribution in [2.24, 2.45) is 4.99 Å². The van der Waals surface area contributed by atoms with Gasteiger partial charge in [-0.25, -0.2) is 9.67 Å². The van der Waals surface area contributed by atoms with Gasteiger partial charge in [-0.1, -0.05) is 78.9 Å². The van der Waals surface area contributed by atoms with Crippen molar-refractivity contribution in [2.75, 3.05) is 0 Å². The average molecular weight is 323 g/mol. The summed E-state index contributed by atoms with van der Waals surface area (Å²) in [5, 5.41) is 4.77. The van der Waals surface area contributed by atoms with Crippen LogP contribution in [0.5, 0.6) is 0 Å². The first-order valence-corrected chi connectivity index (χ1v) is 8.20. The van der Waals surface area contributed by atoms with Gasteiger partial charge in [-0.2, -0.15) is 5.10 Å². The van der Waals surface area contributed by atoms with Crippen LogP contribution in [0.3, 0.4) is 0 Å². The summed E-state index contributed by atoms with van der Waals surface area (Å²) in [6.45, 7) is 0. The maximum absolute atomic E-state index is 4.77. The van der Waals surface area contributed by atoms with Crippen molar-refractivity contribution in [2.45, 2.75) is 0 Å². The average Bonchev–Trinajstić information content (AvgIpc) is 3.13. The van der Waals surface area contributed by atoms with Crippen molar-refractivity contribution in [3.63, 3.8) is 0 Å². The molecule has 120 valence electrons. The molecular formula is C22H17N3. The molecule has 0 aliphatic heterocycles. The smallest absolute Gasteiger partial charge is 0.156 e. The standard InChI is InChI=1S/C22H17N3/c1-4-10-18(11-5-1)17-23-22-16-21(19-12-6-2-7-13-19)24-25(22)20-14-8-3-9-15-20/h1-17H. The van der Waals surface area contributed by atoms with Gasteiger partial charge in [0.2, 0.25) is 0 Å². The van der Waals surface area contributed by atoms with Crippen molar-refractivity contribution >= 4 is 12.0 Å². The van der Waals surface area contributed by atoms with E-state index in [0.29, 0.717) is 0 Å². The Bertz CT molecular complexity index is 972. The molecular weight excluding hydrogens is 306 g/mol. The van der Waals surface area contributed by atoms with Gasteiger partial charge in [-0.05, 0) is 17.7 Å². The molecule has 1 heterocycles. The van der Waals surface area contributed by atoms with Crippen LogP contribution in [-0.2, 0) is 0 Å². The molecule has 0 bridgehead atoms. The van der Waals surface area contributed by atoms with E-state index in [1.54, 1.807) is 0 Å². The second-order valence-electron chi connectivity index (χ2n) is 5.67. The van der Waals surface area contributed by atoms with Crippen molar-refractivity contribution in [3.8, 4) is 16.9 Å². The number of aromatic nitrogens is 2. The second-order valence-corrected chi connectivity index (χ2v) is 5.67. The highest BCUT2D eigenvalue weighted by molar-refractivity contribution is 5.82. The van der Waals surface area contributed by atoms with Gasteiger partial charge >= 0.3 is 0 Å². The van der Waals surface area contributed by atoms with E-state index in [4.69, 9.17) is 5.10 Å². The minimum Gasteiger partial charge on any atom is -0.236 e. The number of rotatable bonds is 4. The summed E-state index contributed by atoms with van der Waals surface area (Å²) in [4.78, 5) is 4.67. The minimum absolute atomic E-state index is 0.800. The Balaban J connectivity index is 1.78. The van der Waals surface area contributed by atoms with Crippen LogP contribution in [0, 0.1) is 0 Å². The summed E-state index contributed by atoms with van der Waals surface area (Å²) in [6.07, 6.45) is 1.87. The van der Waals surface area contributed by atoms with Crippen LogP contribution in [0.1, 0.15) is 5.56 Å². The van der Waals surface area contributed by atoms with Crippen LogP contribution in [0.25, 0.3) is 16.9 Å². The van der Waals surface area contributed by atoms with Crippen LogP contribution >= 0.6 is 0 Å².